The molecular weight excluding hydrogens is 300 g/mol. The van der Waals surface area contributed by atoms with Gasteiger partial charge in [-0.2, -0.15) is 0 Å². The summed E-state index contributed by atoms with van der Waals surface area (Å²) >= 11 is 0. The lowest BCUT2D eigenvalue weighted by Crippen LogP contribution is -2.34. The molecule has 1 aliphatic heterocycles. The van der Waals surface area contributed by atoms with Crippen LogP contribution >= 0.6 is 0 Å². The minimum Gasteiger partial charge on any atom is -0.464 e. The summed E-state index contributed by atoms with van der Waals surface area (Å²) in [6.45, 7) is 1.61. The normalized spacial score (nSPS) is 18.8. The topological polar surface area (TPSA) is 46.3 Å². The van der Waals surface area contributed by atoms with Crippen molar-refractivity contribution < 1.29 is 4.42 Å². The van der Waals surface area contributed by atoms with E-state index in [-0.39, 0.29) is 5.43 Å². The summed E-state index contributed by atoms with van der Waals surface area (Å²) in [5.74, 6) is 0. The maximum atomic E-state index is 12.7. The lowest BCUT2D eigenvalue weighted by Gasteiger charge is -2.35. The summed E-state index contributed by atoms with van der Waals surface area (Å²) in [5.41, 5.74) is 2.67. The second-order valence-corrected chi connectivity index (χ2v) is 6.35. The van der Waals surface area contributed by atoms with E-state index in [9.17, 15) is 4.79 Å². The van der Waals surface area contributed by atoms with Crippen molar-refractivity contribution in [2.75, 3.05) is 6.54 Å². The molecule has 4 heteroatoms. The number of fused-ring (bicyclic) bond motifs is 1. The number of hydrogen-bond acceptors (Lipinski definition) is 4. The highest BCUT2D eigenvalue weighted by Gasteiger charge is 2.25. The summed E-state index contributed by atoms with van der Waals surface area (Å²) in [6, 6.07) is 11.8. The smallest absolute Gasteiger partial charge is 0.197 e. The first-order chi connectivity index (χ1) is 11.8. The molecule has 0 spiro atoms. The number of benzene rings is 1. The van der Waals surface area contributed by atoms with E-state index < -0.39 is 0 Å². The molecule has 1 aromatic carbocycles. The third-order valence-electron chi connectivity index (χ3n) is 4.81. The van der Waals surface area contributed by atoms with E-state index in [4.69, 9.17) is 4.42 Å². The van der Waals surface area contributed by atoms with E-state index in [0.717, 1.165) is 24.9 Å². The van der Waals surface area contributed by atoms with Gasteiger partial charge in [0, 0.05) is 30.5 Å². The average Bonchev–Trinajstić information content (AvgIpc) is 2.65. The standard InChI is InChI=1S/C20H20N2O2/c23-20-16(14-24-19-9-2-1-7-17(19)20)13-22-11-4-3-8-18(22)15-6-5-10-21-12-15/h1-2,5-7,9-10,12,14,18H,3-4,8,11,13H2/t18-/m1/s1. The van der Waals surface area contributed by atoms with E-state index >= 15 is 0 Å². The third-order valence-corrected chi connectivity index (χ3v) is 4.81. The molecule has 122 valence electrons. The Morgan fingerprint density at radius 3 is 2.96 bits per heavy atom. The largest absolute Gasteiger partial charge is 0.464 e. The Morgan fingerprint density at radius 2 is 2.08 bits per heavy atom. The van der Waals surface area contributed by atoms with Crippen LogP contribution in [0.15, 0.2) is 64.3 Å². The molecule has 0 bridgehead atoms. The Balaban J connectivity index is 1.66. The predicted molar refractivity (Wildman–Crippen MR) is 93.7 cm³/mol. The highest BCUT2D eigenvalue weighted by molar-refractivity contribution is 5.76. The van der Waals surface area contributed by atoms with Crippen molar-refractivity contribution in [3.05, 3.63) is 76.4 Å². The Morgan fingerprint density at radius 1 is 1.17 bits per heavy atom. The second-order valence-electron chi connectivity index (χ2n) is 6.35. The van der Waals surface area contributed by atoms with E-state index in [1.54, 1.807) is 12.5 Å². The third kappa shape index (κ3) is 2.85. The highest BCUT2D eigenvalue weighted by atomic mass is 16.3. The fourth-order valence-electron chi connectivity index (χ4n) is 3.58. The molecule has 0 aliphatic carbocycles. The summed E-state index contributed by atoms with van der Waals surface area (Å²) in [5, 5.41) is 0.657. The first-order valence-electron chi connectivity index (χ1n) is 8.46. The zero-order valence-corrected chi connectivity index (χ0v) is 13.5. The van der Waals surface area contributed by atoms with Crippen LogP contribution in [-0.2, 0) is 6.54 Å². The van der Waals surface area contributed by atoms with Crippen LogP contribution < -0.4 is 5.43 Å². The molecule has 0 saturated carbocycles. The molecule has 4 nitrogen and oxygen atoms in total. The fraction of sp³-hybridized carbons (Fsp3) is 0.300. The van der Waals surface area contributed by atoms with Gasteiger partial charge in [-0.05, 0) is 43.1 Å². The van der Waals surface area contributed by atoms with Gasteiger partial charge in [0.15, 0.2) is 5.43 Å². The zero-order chi connectivity index (χ0) is 16.4. The summed E-state index contributed by atoms with van der Waals surface area (Å²) in [4.78, 5) is 19.4. The molecular formula is C20H20N2O2. The number of likely N-dealkylation sites (tertiary alicyclic amines) is 1. The quantitative estimate of drug-likeness (QED) is 0.734. The molecule has 0 radical (unpaired) electrons. The molecule has 1 saturated heterocycles. The molecule has 3 aromatic rings. The Labute approximate surface area is 140 Å². The van der Waals surface area contributed by atoms with Gasteiger partial charge < -0.3 is 4.42 Å². The fourth-order valence-corrected chi connectivity index (χ4v) is 3.58. The Kier molecular flexibility index (Phi) is 4.13. The first kappa shape index (κ1) is 15.1. The summed E-state index contributed by atoms with van der Waals surface area (Å²) in [7, 11) is 0. The minimum atomic E-state index is 0.0763. The molecule has 1 atom stereocenters. The van der Waals surface area contributed by atoms with Crippen molar-refractivity contribution in [2.24, 2.45) is 0 Å². The molecule has 2 aromatic heterocycles. The average molecular weight is 320 g/mol. The molecule has 4 rings (SSSR count). The zero-order valence-electron chi connectivity index (χ0n) is 13.5. The lowest BCUT2D eigenvalue weighted by atomic mass is 9.96. The van der Waals surface area contributed by atoms with E-state index in [0.29, 0.717) is 23.6 Å². The lowest BCUT2D eigenvalue weighted by molar-refractivity contribution is 0.139. The van der Waals surface area contributed by atoms with Gasteiger partial charge in [0.05, 0.1) is 11.6 Å². The van der Waals surface area contributed by atoms with Crippen molar-refractivity contribution in [3.63, 3.8) is 0 Å². The van der Waals surface area contributed by atoms with Gasteiger partial charge in [-0.3, -0.25) is 14.7 Å². The maximum Gasteiger partial charge on any atom is 0.197 e. The van der Waals surface area contributed by atoms with Gasteiger partial charge in [-0.15, -0.1) is 0 Å². The van der Waals surface area contributed by atoms with Gasteiger partial charge >= 0.3 is 0 Å². The van der Waals surface area contributed by atoms with Crippen molar-refractivity contribution in [3.8, 4) is 0 Å². The van der Waals surface area contributed by atoms with Crippen molar-refractivity contribution in [2.45, 2.75) is 31.8 Å². The molecule has 0 amide bonds. The molecule has 0 unspecified atom stereocenters. The van der Waals surface area contributed by atoms with Gasteiger partial charge in [-0.25, -0.2) is 0 Å². The number of rotatable bonds is 3. The number of nitrogens with zero attached hydrogens (tertiary/aromatic N) is 2. The summed E-state index contributed by atoms with van der Waals surface area (Å²) in [6.07, 6.45) is 8.84. The minimum absolute atomic E-state index is 0.0763. The van der Waals surface area contributed by atoms with Crippen LogP contribution in [0, 0.1) is 0 Å². The van der Waals surface area contributed by atoms with Crippen LogP contribution in [0.3, 0.4) is 0 Å². The first-order valence-corrected chi connectivity index (χ1v) is 8.46. The Bertz CT molecular complexity index is 889. The van der Waals surface area contributed by atoms with E-state index in [1.165, 1.54) is 12.0 Å². The van der Waals surface area contributed by atoms with Gasteiger partial charge in [0.2, 0.25) is 0 Å². The molecule has 3 heterocycles. The van der Waals surface area contributed by atoms with E-state index in [2.05, 4.69) is 16.0 Å². The van der Waals surface area contributed by atoms with Crippen LogP contribution in [0.25, 0.3) is 11.0 Å². The van der Waals surface area contributed by atoms with Crippen molar-refractivity contribution in [1.82, 2.24) is 9.88 Å². The van der Waals surface area contributed by atoms with Gasteiger partial charge in [-0.1, -0.05) is 24.6 Å². The number of pyridine rings is 1. The van der Waals surface area contributed by atoms with Crippen LogP contribution in [0.5, 0.6) is 0 Å². The monoisotopic (exact) mass is 320 g/mol. The number of hydrogen-bond donors (Lipinski definition) is 0. The van der Waals surface area contributed by atoms with Gasteiger partial charge in [0.25, 0.3) is 0 Å². The second kappa shape index (κ2) is 6.57. The SMILES string of the molecule is O=c1c(CN2CCCC[C@@H]2c2cccnc2)coc2ccccc12. The molecule has 1 aliphatic rings. The van der Waals surface area contributed by atoms with Crippen molar-refractivity contribution >= 4 is 11.0 Å². The van der Waals surface area contributed by atoms with Crippen LogP contribution in [0.1, 0.15) is 36.4 Å². The van der Waals surface area contributed by atoms with Crippen LogP contribution in [-0.4, -0.2) is 16.4 Å². The summed E-state index contributed by atoms with van der Waals surface area (Å²) < 4.78 is 5.67. The number of para-hydroxylation sites is 1. The van der Waals surface area contributed by atoms with Crippen LogP contribution in [0.2, 0.25) is 0 Å². The number of piperidine rings is 1. The Hall–Kier alpha value is -2.46. The maximum absolute atomic E-state index is 12.7. The molecule has 1 fully saturated rings. The number of aromatic nitrogens is 1. The van der Waals surface area contributed by atoms with Crippen molar-refractivity contribution in [1.29, 1.82) is 0 Å². The van der Waals surface area contributed by atoms with E-state index in [1.807, 2.05) is 36.5 Å². The molecule has 24 heavy (non-hydrogen) atoms. The van der Waals surface area contributed by atoms with Crippen LogP contribution in [0.4, 0.5) is 0 Å². The predicted octanol–water partition coefficient (Wildman–Crippen LogP) is 3.92. The highest BCUT2D eigenvalue weighted by Crippen LogP contribution is 2.31. The molecule has 0 N–H and O–H groups in total. The van der Waals surface area contributed by atoms with Gasteiger partial charge in [0.1, 0.15) is 5.58 Å².